The second-order valence-corrected chi connectivity index (χ2v) is 1.20. The summed E-state index contributed by atoms with van der Waals surface area (Å²) in [6.45, 7) is 7.27. The Labute approximate surface area is 72.0 Å². The van der Waals surface area contributed by atoms with Crippen LogP contribution in [0.2, 0.25) is 0 Å². The van der Waals surface area contributed by atoms with Crippen molar-refractivity contribution < 1.29 is 21.1 Å². The van der Waals surface area contributed by atoms with Gasteiger partial charge in [0.25, 0.3) is 0 Å². The van der Waals surface area contributed by atoms with E-state index in [4.69, 9.17) is 5.41 Å². The maximum atomic E-state index is 5.74. The van der Waals surface area contributed by atoms with E-state index in [-0.39, 0.29) is 21.1 Å². The minimum atomic E-state index is 0. The fourth-order valence-corrected chi connectivity index (χ4v) is 0.177. The summed E-state index contributed by atoms with van der Waals surface area (Å²) in [5.74, 6) is 0. The van der Waals surface area contributed by atoms with Gasteiger partial charge in [0.2, 0.25) is 0 Å². The molecule has 0 spiro atoms. The van der Waals surface area contributed by atoms with Crippen LogP contribution in [-0.2, 0) is 21.1 Å². The number of unbranched alkanes of at least 4 members (excludes halogenated alkanes) is 2. The molecule has 0 saturated carbocycles. The van der Waals surface area contributed by atoms with E-state index in [1.54, 1.807) is 0 Å². The van der Waals surface area contributed by atoms with Crippen LogP contribution in [0.15, 0.2) is 0 Å². The summed E-state index contributed by atoms with van der Waals surface area (Å²) in [6.07, 6.45) is 4.73. The molecule has 9 heavy (non-hydrogen) atoms. The average molecular weight is 297 g/mol. The number of hydrogen-bond donors (Lipinski definition) is 2. The van der Waals surface area contributed by atoms with Gasteiger partial charge in [0.05, 0.1) is 0 Å². The summed E-state index contributed by atoms with van der Waals surface area (Å²) in [5.41, 5.74) is 4.26. The summed E-state index contributed by atoms with van der Waals surface area (Å²) >= 11 is 0. The SMILES string of the molecule is N=[C-]N.[CH2-]CCC[CH2-].[W]. The molecule has 0 bridgehead atoms. The molecule has 0 aromatic carbocycles. The van der Waals surface area contributed by atoms with Crippen LogP contribution in [0, 0.1) is 19.3 Å². The molecule has 0 fully saturated rings. The topological polar surface area (TPSA) is 49.9 Å². The molecule has 0 heterocycles. The zero-order valence-corrected chi connectivity index (χ0v) is 8.45. The number of nitrogens with two attached hydrogens (primary N) is 1. The zero-order valence-electron chi connectivity index (χ0n) is 5.52. The second-order valence-electron chi connectivity index (χ2n) is 1.20. The molecule has 2 nitrogen and oxygen atoms in total. The van der Waals surface area contributed by atoms with Crippen molar-refractivity contribution >= 4 is 6.34 Å². The fraction of sp³-hybridized carbons (Fsp3) is 0.500. The number of nitrogens with one attached hydrogen (secondary N) is 1. The molecule has 0 amide bonds. The summed E-state index contributed by atoms with van der Waals surface area (Å²) in [5, 5.41) is 5.74. The van der Waals surface area contributed by atoms with Crippen LogP contribution in [0.25, 0.3) is 0 Å². The van der Waals surface area contributed by atoms with Gasteiger partial charge in [-0.1, -0.05) is 0 Å². The Kier molecular flexibility index (Phi) is 43.2. The molecule has 3 heteroatoms. The smallest absolute Gasteiger partial charge is 0 e. The maximum absolute atomic E-state index is 5.74. The van der Waals surface area contributed by atoms with E-state index in [9.17, 15) is 0 Å². The molecule has 56 valence electrons. The van der Waals surface area contributed by atoms with Gasteiger partial charge in [0.15, 0.2) is 0 Å². The van der Waals surface area contributed by atoms with E-state index in [0.29, 0.717) is 0 Å². The Bertz CT molecular complexity index is 38.0. The van der Waals surface area contributed by atoms with Gasteiger partial charge in [-0.2, -0.15) is 12.8 Å². The van der Waals surface area contributed by atoms with Crippen molar-refractivity contribution in [3.63, 3.8) is 0 Å². The molecule has 3 N–H and O–H groups in total. The van der Waals surface area contributed by atoms with Crippen LogP contribution in [0.5, 0.6) is 0 Å². The van der Waals surface area contributed by atoms with Crippen LogP contribution < -0.4 is 5.73 Å². The van der Waals surface area contributed by atoms with Crippen LogP contribution in [0.3, 0.4) is 0 Å². The van der Waals surface area contributed by atoms with Crippen molar-refractivity contribution in [3.05, 3.63) is 13.8 Å². The molecule has 0 saturated heterocycles. The van der Waals surface area contributed by atoms with Crippen LogP contribution in [-0.4, -0.2) is 6.34 Å². The van der Waals surface area contributed by atoms with Gasteiger partial charge in [0.1, 0.15) is 0 Å². The fourth-order valence-electron chi connectivity index (χ4n) is 0.177. The summed E-state index contributed by atoms with van der Waals surface area (Å²) in [7, 11) is 0. The largest absolute Gasteiger partial charge is 0.563 e. The third-order valence-electron chi connectivity index (χ3n) is 0.500. The summed E-state index contributed by atoms with van der Waals surface area (Å²) in [4.78, 5) is 0. The predicted octanol–water partition coefficient (Wildman–Crippen LogP) is 1.25. The van der Waals surface area contributed by atoms with E-state index in [1.807, 2.05) is 0 Å². The summed E-state index contributed by atoms with van der Waals surface area (Å²) < 4.78 is 0. The molecule has 0 aromatic heterocycles. The third kappa shape index (κ3) is 66.4. The first-order valence-electron chi connectivity index (χ1n) is 2.54. The van der Waals surface area contributed by atoms with Crippen LogP contribution in [0.1, 0.15) is 19.3 Å². The first kappa shape index (κ1) is 16.1. The first-order valence-corrected chi connectivity index (χ1v) is 2.54. The molecule has 0 unspecified atom stereocenters. The molecule has 0 radical (unpaired) electrons. The predicted molar refractivity (Wildman–Crippen MR) is 36.5 cm³/mol. The quantitative estimate of drug-likeness (QED) is 0.343. The van der Waals surface area contributed by atoms with Crippen molar-refractivity contribution in [1.29, 1.82) is 5.41 Å². The number of hydrogen-bond acceptors (Lipinski definition) is 1. The van der Waals surface area contributed by atoms with Crippen LogP contribution in [0.4, 0.5) is 0 Å². The Balaban J connectivity index is -0.0000000800. The standard InChI is InChI=1S/C5H10.CH3N2.W/c1-3-5-4-2;2-1-3;/h1-5H2;(H3,2,3);/q-2;-1;. The Morgan fingerprint density at radius 1 is 1.33 bits per heavy atom. The third-order valence-corrected chi connectivity index (χ3v) is 0.500. The van der Waals surface area contributed by atoms with Crippen LogP contribution >= 0.6 is 0 Å². The Hall–Kier alpha value is 0.158. The molecular weight excluding hydrogens is 284 g/mol. The van der Waals surface area contributed by atoms with Gasteiger partial charge in [-0.3, -0.25) is 0 Å². The molecule has 0 aliphatic rings. The first-order chi connectivity index (χ1) is 3.83. The van der Waals surface area contributed by atoms with E-state index in [2.05, 4.69) is 19.6 Å². The van der Waals surface area contributed by atoms with Gasteiger partial charge >= 0.3 is 0 Å². The van der Waals surface area contributed by atoms with Gasteiger partial charge < -0.3 is 31.3 Å². The molecule has 0 aromatic rings. The van der Waals surface area contributed by atoms with Crippen molar-refractivity contribution in [2.24, 2.45) is 5.73 Å². The van der Waals surface area contributed by atoms with E-state index >= 15 is 0 Å². The normalized spacial score (nSPS) is 6.00. The minimum Gasteiger partial charge on any atom is -0.563 e. The average Bonchev–Trinajstić information content (AvgIpc) is 1.71. The van der Waals surface area contributed by atoms with E-state index in [1.165, 1.54) is 12.8 Å². The van der Waals surface area contributed by atoms with Crippen molar-refractivity contribution in [1.82, 2.24) is 0 Å². The molecule has 0 rings (SSSR count). The van der Waals surface area contributed by atoms with Gasteiger partial charge in [-0.15, -0.1) is 6.42 Å². The molecule has 0 atom stereocenters. The van der Waals surface area contributed by atoms with Gasteiger partial charge in [-0.25, -0.2) is 0 Å². The monoisotopic (exact) mass is 297 g/mol. The molecule has 0 aliphatic heterocycles. The minimum absolute atomic E-state index is 0. The molecular formula is C6H13N2W-3. The van der Waals surface area contributed by atoms with E-state index in [0.717, 1.165) is 12.8 Å². The Morgan fingerprint density at radius 2 is 1.56 bits per heavy atom. The summed E-state index contributed by atoms with van der Waals surface area (Å²) in [6, 6.07) is 0. The van der Waals surface area contributed by atoms with Gasteiger partial charge in [-0.05, 0) is 0 Å². The zero-order chi connectivity index (χ0) is 6.83. The molecule has 0 aliphatic carbocycles. The Morgan fingerprint density at radius 3 is 1.56 bits per heavy atom. The second kappa shape index (κ2) is 24.2. The van der Waals surface area contributed by atoms with Gasteiger partial charge in [0, 0.05) is 21.1 Å². The van der Waals surface area contributed by atoms with Crippen molar-refractivity contribution in [2.45, 2.75) is 19.3 Å². The number of rotatable bonds is 2. The van der Waals surface area contributed by atoms with Crippen molar-refractivity contribution in [3.8, 4) is 0 Å². The maximum Gasteiger partial charge on any atom is 0 e. The van der Waals surface area contributed by atoms with E-state index < -0.39 is 0 Å². The van der Waals surface area contributed by atoms with Crippen molar-refractivity contribution in [2.75, 3.05) is 0 Å².